The van der Waals surface area contributed by atoms with E-state index in [9.17, 15) is 13.2 Å². The summed E-state index contributed by atoms with van der Waals surface area (Å²) >= 11 is 0. The molecule has 1 aromatic rings. The Balaban J connectivity index is 1.64. The zero-order valence-corrected chi connectivity index (χ0v) is 15.0. The van der Waals surface area contributed by atoms with E-state index in [1.807, 2.05) is 19.1 Å². The molecular weight excluding hydrogens is 342 g/mol. The molecule has 134 valence electrons. The third kappa shape index (κ3) is 3.62. The highest BCUT2D eigenvalue weighted by Crippen LogP contribution is 2.34. The van der Waals surface area contributed by atoms with E-state index in [2.05, 4.69) is 10.6 Å². The molecule has 1 aromatic carbocycles. The molecule has 2 atom stereocenters. The molecule has 2 fully saturated rings. The lowest BCUT2D eigenvalue weighted by Gasteiger charge is -2.16. The SMILES string of the molecule is Cc1ccc(S(=O)(=O)[C@H]2CN[C@@H](OC(=O)NC3(C#N)CC3)C2)c(C)c1. The number of benzene rings is 1. The molecule has 1 aliphatic heterocycles. The van der Waals surface area contributed by atoms with Gasteiger partial charge >= 0.3 is 6.09 Å². The largest absolute Gasteiger partial charge is 0.430 e. The van der Waals surface area contributed by atoms with Crippen molar-refractivity contribution in [2.75, 3.05) is 6.54 Å². The lowest BCUT2D eigenvalue weighted by molar-refractivity contribution is 0.0876. The summed E-state index contributed by atoms with van der Waals surface area (Å²) in [7, 11) is -3.51. The number of nitrogens with one attached hydrogen (secondary N) is 2. The van der Waals surface area contributed by atoms with Crippen molar-refractivity contribution in [1.82, 2.24) is 10.6 Å². The number of hydrogen-bond acceptors (Lipinski definition) is 6. The average molecular weight is 363 g/mol. The normalized spacial score (nSPS) is 24.4. The number of nitrogens with zero attached hydrogens (tertiary/aromatic N) is 1. The summed E-state index contributed by atoms with van der Waals surface area (Å²) in [4.78, 5) is 12.2. The van der Waals surface area contributed by atoms with E-state index < -0.39 is 32.9 Å². The molecular formula is C17H21N3O4S. The van der Waals surface area contributed by atoms with E-state index in [1.54, 1.807) is 19.1 Å². The van der Waals surface area contributed by atoms with Gasteiger partial charge in [0.1, 0.15) is 5.54 Å². The fourth-order valence-electron chi connectivity index (χ4n) is 3.04. The topological polar surface area (TPSA) is 108 Å². The first-order valence-corrected chi connectivity index (χ1v) is 9.75. The van der Waals surface area contributed by atoms with Crippen molar-refractivity contribution in [3.63, 3.8) is 0 Å². The van der Waals surface area contributed by atoms with Crippen LogP contribution in [0.4, 0.5) is 4.79 Å². The molecule has 25 heavy (non-hydrogen) atoms. The van der Waals surface area contributed by atoms with Crippen LogP contribution in [-0.4, -0.2) is 38.1 Å². The van der Waals surface area contributed by atoms with Crippen LogP contribution in [0.3, 0.4) is 0 Å². The third-order valence-corrected chi connectivity index (χ3v) is 6.99. The van der Waals surface area contributed by atoms with Crippen molar-refractivity contribution >= 4 is 15.9 Å². The number of hydrogen-bond donors (Lipinski definition) is 2. The van der Waals surface area contributed by atoms with Crippen LogP contribution in [-0.2, 0) is 14.6 Å². The van der Waals surface area contributed by atoms with Crippen LogP contribution in [0.1, 0.15) is 30.4 Å². The predicted molar refractivity (Wildman–Crippen MR) is 90.5 cm³/mol. The Morgan fingerprint density at radius 2 is 2.12 bits per heavy atom. The molecule has 1 amide bonds. The minimum Gasteiger partial charge on any atom is -0.430 e. The molecule has 2 aliphatic rings. The van der Waals surface area contributed by atoms with E-state index in [4.69, 9.17) is 10.00 Å². The number of alkyl carbamates (subject to hydrolysis) is 1. The first-order valence-electron chi connectivity index (χ1n) is 8.20. The van der Waals surface area contributed by atoms with Gasteiger partial charge in [0, 0.05) is 13.0 Å². The second-order valence-corrected chi connectivity index (χ2v) is 8.99. The van der Waals surface area contributed by atoms with Gasteiger partial charge in [0.2, 0.25) is 0 Å². The van der Waals surface area contributed by atoms with Gasteiger partial charge < -0.3 is 10.1 Å². The molecule has 0 aromatic heterocycles. The third-order valence-electron chi connectivity index (χ3n) is 4.68. The molecule has 3 rings (SSSR count). The van der Waals surface area contributed by atoms with Crippen LogP contribution in [0.2, 0.25) is 0 Å². The molecule has 0 bridgehead atoms. The number of ether oxygens (including phenoxy) is 1. The van der Waals surface area contributed by atoms with Gasteiger partial charge in [0.05, 0.1) is 16.2 Å². The van der Waals surface area contributed by atoms with E-state index in [-0.39, 0.29) is 13.0 Å². The number of nitriles is 1. The smallest absolute Gasteiger partial charge is 0.409 e. The summed E-state index contributed by atoms with van der Waals surface area (Å²) in [5, 5.41) is 13.8. The lowest BCUT2D eigenvalue weighted by Crippen LogP contribution is -2.40. The summed E-state index contributed by atoms with van der Waals surface area (Å²) in [6.45, 7) is 3.91. The highest BCUT2D eigenvalue weighted by Gasteiger charge is 2.46. The van der Waals surface area contributed by atoms with Crippen LogP contribution in [0.5, 0.6) is 0 Å². The van der Waals surface area contributed by atoms with Gasteiger partial charge in [-0.2, -0.15) is 5.26 Å². The number of aryl methyl sites for hydroxylation is 2. The van der Waals surface area contributed by atoms with Crippen LogP contribution in [0.15, 0.2) is 23.1 Å². The van der Waals surface area contributed by atoms with Gasteiger partial charge in [-0.1, -0.05) is 17.7 Å². The average Bonchev–Trinajstić information content (AvgIpc) is 3.14. The maximum Gasteiger partial charge on any atom is 0.409 e. The van der Waals surface area contributed by atoms with Gasteiger partial charge in [-0.15, -0.1) is 0 Å². The molecule has 0 radical (unpaired) electrons. The zero-order valence-electron chi connectivity index (χ0n) is 14.2. The first-order chi connectivity index (χ1) is 11.8. The summed E-state index contributed by atoms with van der Waals surface area (Å²) in [6.07, 6.45) is 0.0322. The van der Waals surface area contributed by atoms with Crippen molar-refractivity contribution in [3.8, 4) is 6.07 Å². The highest BCUT2D eigenvalue weighted by atomic mass is 32.2. The Morgan fingerprint density at radius 3 is 2.72 bits per heavy atom. The van der Waals surface area contributed by atoms with Crippen molar-refractivity contribution in [1.29, 1.82) is 5.26 Å². The quantitative estimate of drug-likeness (QED) is 0.840. The van der Waals surface area contributed by atoms with E-state index in [1.165, 1.54) is 0 Å². The van der Waals surface area contributed by atoms with Gasteiger partial charge in [-0.05, 0) is 38.3 Å². The maximum absolute atomic E-state index is 12.8. The number of amides is 1. The van der Waals surface area contributed by atoms with Crippen LogP contribution >= 0.6 is 0 Å². The molecule has 1 saturated heterocycles. The Labute approximate surface area is 147 Å². The summed E-state index contributed by atoms with van der Waals surface area (Å²) in [5.74, 6) is 0. The predicted octanol–water partition coefficient (Wildman–Crippen LogP) is 1.55. The number of carbonyl (C=O) groups excluding carboxylic acids is 1. The monoisotopic (exact) mass is 363 g/mol. The van der Waals surface area contributed by atoms with Crippen molar-refractivity contribution in [2.24, 2.45) is 0 Å². The summed E-state index contributed by atoms with van der Waals surface area (Å²) in [5.41, 5.74) is 0.914. The molecule has 7 nitrogen and oxygen atoms in total. The Bertz CT molecular complexity index is 840. The van der Waals surface area contributed by atoms with Crippen LogP contribution < -0.4 is 10.6 Å². The van der Waals surface area contributed by atoms with E-state index in [0.29, 0.717) is 23.3 Å². The fourth-order valence-corrected chi connectivity index (χ4v) is 4.90. The Kier molecular flexibility index (Phi) is 4.47. The standard InChI is InChI=1S/C17H21N3O4S/c1-11-3-4-14(12(2)7-11)25(22,23)13-8-15(19-9-13)24-16(21)20-17(10-18)5-6-17/h3-4,7,13,15,19H,5-6,8-9H2,1-2H3,(H,20,21)/t13-,15+/m1/s1. The lowest BCUT2D eigenvalue weighted by atomic mass is 10.2. The minimum atomic E-state index is -3.51. The molecule has 2 N–H and O–H groups in total. The van der Waals surface area contributed by atoms with Gasteiger partial charge in [-0.25, -0.2) is 13.2 Å². The second kappa shape index (κ2) is 6.32. The van der Waals surface area contributed by atoms with Crippen LogP contribution in [0.25, 0.3) is 0 Å². The number of rotatable bonds is 4. The van der Waals surface area contributed by atoms with Crippen molar-refractivity contribution in [3.05, 3.63) is 29.3 Å². The molecule has 0 unspecified atom stereocenters. The highest BCUT2D eigenvalue weighted by molar-refractivity contribution is 7.92. The van der Waals surface area contributed by atoms with Crippen LogP contribution in [0, 0.1) is 25.2 Å². The molecule has 1 aliphatic carbocycles. The zero-order chi connectivity index (χ0) is 18.2. The number of sulfone groups is 1. The second-order valence-electron chi connectivity index (χ2n) is 6.79. The summed E-state index contributed by atoms with van der Waals surface area (Å²) in [6, 6.07) is 7.29. The van der Waals surface area contributed by atoms with E-state index >= 15 is 0 Å². The molecule has 1 heterocycles. The number of carbonyl (C=O) groups is 1. The molecule has 0 spiro atoms. The fraction of sp³-hybridized carbons (Fsp3) is 0.529. The molecule has 1 saturated carbocycles. The van der Waals surface area contributed by atoms with E-state index in [0.717, 1.165) is 5.56 Å². The maximum atomic E-state index is 12.8. The first kappa shape index (κ1) is 17.7. The molecule has 8 heteroatoms. The van der Waals surface area contributed by atoms with Gasteiger partial charge in [-0.3, -0.25) is 5.32 Å². The van der Waals surface area contributed by atoms with Gasteiger partial charge in [0.15, 0.2) is 16.1 Å². The van der Waals surface area contributed by atoms with Gasteiger partial charge in [0.25, 0.3) is 0 Å². The summed E-state index contributed by atoms with van der Waals surface area (Å²) < 4.78 is 30.9. The van der Waals surface area contributed by atoms with Crippen molar-refractivity contribution < 1.29 is 17.9 Å². The van der Waals surface area contributed by atoms with Crippen molar-refractivity contribution in [2.45, 2.75) is 55.0 Å². The Morgan fingerprint density at radius 1 is 1.40 bits per heavy atom. The Hall–Kier alpha value is -2.11. The minimum absolute atomic E-state index is 0.183.